The van der Waals surface area contributed by atoms with Gasteiger partial charge < -0.3 is 24.1 Å². The van der Waals surface area contributed by atoms with Crippen molar-refractivity contribution in [3.8, 4) is 45.3 Å². The SMILES string of the molecule is COc1ccc(C2(c3ccc(OC)cc3)C=Cc3c4c(c5cc(OC)ccc5c3O2)-c2ccc(-c3ccccc3)cc2C4(C)O)cc1. The molecule has 1 aliphatic carbocycles. The van der Waals surface area contributed by atoms with Crippen LogP contribution in [0.5, 0.6) is 23.0 Å². The Hall–Kier alpha value is -5.52. The van der Waals surface area contributed by atoms with Crippen molar-refractivity contribution in [3.63, 3.8) is 0 Å². The molecule has 1 unspecified atom stereocenters. The second-order valence-electron chi connectivity index (χ2n) is 12.2. The molecular formula is C42H34O5. The minimum absolute atomic E-state index is 0.701. The van der Waals surface area contributed by atoms with Crippen molar-refractivity contribution in [2.75, 3.05) is 21.3 Å². The van der Waals surface area contributed by atoms with Crippen LogP contribution in [0.1, 0.15) is 34.7 Å². The maximum atomic E-state index is 12.5. The minimum atomic E-state index is -1.29. The van der Waals surface area contributed by atoms with Gasteiger partial charge in [-0.25, -0.2) is 0 Å². The Morgan fingerprint density at radius 3 is 1.85 bits per heavy atom. The van der Waals surface area contributed by atoms with E-state index in [-0.39, 0.29) is 0 Å². The second-order valence-corrected chi connectivity index (χ2v) is 12.2. The predicted octanol–water partition coefficient (Wildman–Crippen LogP) is 9.12. The first-order valence-electron chi connectivity index (χ1n) is 15.7. The smallest absolute Gasteiger partial charge is 0.178 e. The molecule has 0 radical (unpaired) electrons. The van der Waals surface area contributed by atoms with E-state index in [1.807, 2.05) is 79.7 Å². The molecule has 0 fully saturated rings. The van der Waals surface area contributed by atoms with Crippen LogP contribution in [0.3, 0.4) is 0 Å². The Kier molecular flexibility index (Phi) is 6.64. The van der Waals surface area contributed by atoms with Crippen LogP contribution in [0.15, 0.2) is 121 Å². The lowest BCUT2D eigenvalue weighted by molar-refractivity contribution is 0.105. The topological polar surface area (TPSA) is 57.2 Å². The molecule has 0 aromatic heterocycles. The minimum Gasteiger partial charge on any atom is -0.497 e. The fourth-order valence-electron chi connectivity index (χ4n) is 7.30. The van der Waals surface area contributed by atoms with Gasteiger partial charge in [0, 0.05) is 27.6 Å². The van der Waals surface area contributed by atoms with Crippen LogP contribution in [-0.2, 0) is 11.2 Å². The van der Waals surface area contributed by atoms with Crippen LogP contribution < -0.4 is 18.9 Å². The summed E-state index contributed by atoms with van der Waals surface area (Å²) < 4.78 is 24.0. The van der Waals surface area contributed by atoms with Crippen LogP contribution in [0.25, 0.3) is 39.1 Å². The Labute approximate surface area is 274 Å². The number of methoxy groups -OCH3 is 3. The molecule has 1 atom stereocenters. The van der Waals surface area contributed by atoms with Gasteiger partial charge in [-0.05, 0) is 94.7 Å². The Bertz CT molecular complexity index is 2130. The van der Waals surface area contributed by atoms with Crippen LogP contribution >= 0.6 is 0 Å². The van der Waals surface area contributed by atoms with Crippen LogP contribution in [0.2, 0.25) is 0 Å². The van der Waals surface area contributed by atoms with Crippen molar-refractivity contribution in [1.82, 2.24) is 0 Å². The Morgan fingerprint density at radius 2 is 1.23 bits per heavy atom. The number of ether oxygens (including phenoxy) is 4. The van der Waals surface area contributed by atoms with Crippen molar-refractivity contribution in [2.45, 2.75) is 18.1 Å². The lowest BCUT2D eigenvalue weighted by Crippen LogP contribution is -2.35. The average molecular weight is 619 g/mol. The van der Waals surface area contributed by atoms with Gasteiger partial charge in [0.25, 0.3) is 0 Å². The molecule has 6 aromatic carbocycles. The van der Waals surface area contributed by atoms with Gasteiger partial charge in [-0.1, -0.05) is 72.8 Å². The van der Waals surface area contributed by atoms with Gasteiger partial charge in [-0.15, -0.1) is 0 Å². The summed E-state index contributed by atoms with van der Waals surface area (Å²) in [5.41, 5.74) is 6.32. The number of hydrogen-bond acceptors (Lipinski definition) is 5. The molecule has 0 bridgehead atoms. The molecule has 1 heterocycles. The van der Waals surface area contributed by atoms with Crippen molar-refractivity contribution in [3.05, 3.63) is 149 Å². The molecule has 0 saturated carbocycles. The fraction of sp³-hybridized carbons (Fsp3) is 0.143. The van der Waals surface area contributed by atoms with E-state index in [9.17, 15) is 5.11 Å². The van der Waals surface area contributed by atoms with Gasteiger partial charge >= 0.3 is 0 Å². The average Bonchev–Trinajstić information content (AvgIpc) is 3.37. The summed E-state index contributed by atoms with van der Waals surface area (Å²) in [6.45, 7) is 1.89. The molecular weight excluding hydrogens is 584 g/mol. The fourth-order valence-corrected chi connectivity index (χ4v) is 7.30. The van der Waals surface area contributed by atoms with E-state index in [1.165, 1.54) is 0 Å². The first kappa shape index (κ1) is 28.9. The largest absolute Gasteiger partial charge is 0.497 e. The standard InChI is InChI=1S/C42H34O5/c1-41(43)37-24-27(26-8-6-5-7-9-26)10-20-34(37)38-36-25-32(46-4)19-21-33(36)40-35(39(38)41)22-23-42(47-40,28-11-15-30(44-2)16-12-28)29-13-17-31(45-3)18-14-29/h5-25,43H,1-4H3. The van der Waals surface area contributed by atoms with E-state index >= 15 is 0 Å². The van der Waals surface area contributed by atoms with Gasteiger partial charge in [0.2, 0.25) is 0 Å². The zero-order valence-corrected chi connectivity index (χ0v) is 26.7. The summed E-state index contributed by atoms with van der Waals surface area (Å²) in [6, 6.07) is 38.7. The highest BCUT2D eigenvalue weighted by atomic mass is 16.5. The molecule has 2 aliphatic rings. The molecule has 8 rings (SSSR count). The number of aliphatic hydroxyl groups is 1. The van der Waals surface area contributed by atoms with Crippen LogP contribution in [0, 0.1) is 0 Å². The summed E-state index contributed by atoms with van der Waals surface area (Å²) in [7, 11) is 5.00. The zero-order valence-electron chi connectivity index (χ0n) is 26.7. The molecule has 5 nitrogen and oxygen atoms in total. The highest BCUT2D eigenvalue weighted by Gasteiger charge is 2.45. The highest BCUT2D eigenvalue weighted by Crippen LogP contribution is 2.58. The van der Waals surface area contributed by atoms with Gasteiger partial charge in [0.15, 0.2) is 5.60 Å². The first-order chi connectivity index (χ1) is 22.9. The third kappa shape index (κ3) is 4.34. The highest BCUT2D eigenvalue weighted by molar-refractivity contribution is 6.09. The molecule has 0 spiro atoms. The third-order valence-electron chi connectivity index (χ3n) is 9.70. The van der Waals surface area contributed by atoms with Crippen molar-refractivity contribution in [1.29, 1.82) is 0 Å². The first-order valence-corrected chi connectivity index (χ1v) is 15.7. The zero-order chi connectivity index (χ0) is 32.3. The number of hydrogen-bond donors (Lipinski definition) is 1. The maximum absolute atomic E-state index is 12.5. The maximum Gasteiger partial charge on any atom is 0.178 e. The third-order valence-corrected chi connectivity index (χ3v) is 9.70. The van der Waals surface area contributed by atoms with Gasteiger partial charge in [-0.3, -0.25) is 0 Å². The lowest BCUT2D eigenvalue weighted by atomic mass is 9.80. The summed E-state index contributed by atoms with van der Waals surface area (Å²) in [6.07, 6.45) is 4.22. The molecule has 0 amide bonds. The number of benzene rings is 6. The lowest BCUT2D eigenvalue weighted by Gasteiger charge is -2.38. The van der Waals surface area contributed by atoms with Crippen molar-refractivity contribution >= 4 is 16.8 Å². The Balaban J connectivity index is 1.39. The van der Waals surface area contributed by atoms with E-state index in [1.54, 1.807) is 21.3 Å². The molecule has 6 aromatic rings. The molecule has 1 N–H and O–H groups in total. The van der Waals surface area contributed by atoms with Crippen LogP contribution in [0.4, 0.5) is 0 Å². The monoisotopic (exact) mass is 618 g/mol. The molecule has 0 saturated heterocycles. The summed E-state index contributed by atoms with van der Waals surface area (Å²) in [5.74, 6) is 2.96. The van der Waals surface area contributed by atoms with E-state index in [0.717, 1.165) is 78.1 Å². The summed E-state index contributed by atoms with van der Waals surface area (Å²) in [5, 5.41) is 14.4. The normalized spacial score (nSPS) is 17.0. The number of fused-ring (bicyclic) bond motifs is 8. The van der Waals surface area contributed by atoms with Gasteiger partial charge in [0.05, 0.1) is 21.3 Å². The van der Waals surface area contributed by atoms with E-state index in [0.29, 0.717) is 5.75 Å². The summed E-state index contributed by atoms with van der Waals surface area (Å²) in [4.78, 5) is 0. The van der Waals surface area contributed by atoms with Gasteiger partial charge in [0.1, 0.15) is 28.6 Å². The predicted molar refractivity (Wildman–Crippen MR) is 186 cm³/mol. The van der Waals surface area contributed by atoms with Crippen molar-refractivity contribution in [2.24, 2.45) is 0 Å². The molecule has 47 heavy (non-hydrogen) atoms. The van der Waals surface area contributed by atoms with Crippen molar-refractivity contribution < 1.29 is 24.1 Å². The van der Waals surface area contributed by atoms with E-state index in [4.69, 9.17) is 18.9 Å². The second kappa shape index (κ2) is 10.8. The summed E-state index contributed by atoms with van der Waals surface area (Å²) >= 11 is 0. The molecule has 1 aliphatic heterocycles. The van der Waals surface area contributed by atoms with Gasteiger partial charge in [-0.2, -0.15) is 0 Å². The number of rotatable bonds is 6. The van der Waals surface area contributed by atoms with Crippen LogP contribution in [-0.4, -0.2) is 26.4 Å². The molecule has 232 valence electrons. The quantitative estimate of drug-likeness (QED) is 0.202. The van der Waals surface area contributed by atoms with E-state index < -0.39 is 11.2 Å². The molecule has 5 heteroatoms. The van der Waals surface area contributed by atoms with E-state index in [2.05, 4.69) is 54.6 Å². The Morgan fingerprint density at radius 1 is 0.617 bits per heavy atom.